The number of rotatable bonds is 9. The fraction of sp³-hybridized carbons (Fsp3) is 0.133. The number of nitrogens with one attached hydrogen (secondary N) is 1. The molecule has 0 saturated heterocycles. The molecule has 0 atom stereocenters. The molecule has 10 heteroatoms. The SMILES string of the molecule is COc1ccc(S(=O)(=O)N(Cc2ccccc2)c2ccccc2C(=O)N/N=C\c2cccc3c2OCCO3)cc1. The van der Waals surface area contributed by atoms with E-state index >= 15 is 0 Å². The lowest BCUT2D eigenvalue weighted by Crippen LogP contribution is -2.33. The number of carbonyl (C=O) groups is 1. The molecule has 0 spiro atoms. The maximum absolute atomic E-state index is 13.9. The molecule has 0 radical (unpaired) electrons. The Balaban J connectivity index is 1.47. The van der Waals surface area contributed by atoms with Crippen LogP contribution in [0.3, 0.4) is 0 Å². The molecule has 0 saturated carbocycles. The number of amides is 1. The van der Waals surface area contributed by atoms with E-state index in [9.17, 15) is 13.2 Å². The Morgan fingerprint density at radius 1 is 0.925 bits per heavy atom. The second-order valence-corrected chi connectivity index (χ2v) is 10.6. The van der Waals surface area contributed by atoms with E-state index in [-0.39, 0.29) is 22.7 Å². The summed E-state index contributed by atoms with van der Waals surface area (Å²) in [7, 11) is -2.57. The van der Waals surface area contributed by atoms with Crippen LogP contribution in [0.4, 0.5) is 5.69 Å². The normalized spacial score (nSPS) is 12.6. The molecule has 1 N–H and O–H groups in total. The summed E-state index contributed by atoms with van der Waals surface area (Å²) in [6.45, 7) is 0.883. The average molecular weight is 558 g/mol. The summed E-state index contributed by atoms with van der Waals surface area (Å²) in [5.41, 5.74) is 4.26. The number of nitrogens with zero attached hydrogens (tertiary/aromatic N) is 2. The molecule has 1 aliphatic rings. The average Bonchev–Trinajstić information content (AvgIpc) is 3.00. The highest BCUT2D eigenvalue weighted by Gasteiger charge is 2.28. The van der Waals surface area contributed by atoms with Crippen LogP contribution in [0.5, 0.6) is 17.2 Å². The predicted octanol–water partition coefficient (Wildman–Crippen LogP) is 4.63. The first-order valence-corrected chi connectivity index (χ1v) is 13.9. The van der Waals surface area contributed by atoms with Gasteiger partial charge in [-0.15, -0.1) is 0 Å². The van der Waals surface area contributed by atoms with Gasteiger partial charge in [0.25, 0.3) is 15.9 Å². The Kier molecular flexibility index (Phi) is 7.97. The van der Waals surface area contributed by atoms with Crippen molar-refractivity contribution in [3.8, 4) is 17.2 Å². The molecule has 0 aliphatic carbocycles. The summed E-state index contributed by atoms with van der Waals surface area (Å²) in [4.78, 5) is 13.4. The number of sulfonamides is 1. The topological polar surface area (TPSA) is 107 Å². The highest BCUT2D eigenvalue weighted by atomic mass is 32.2. The van der Waals surface area contributed by atoms with Crippen LogP contribution in [0, 0.1) is 0 Å². The predicted molar refractivity (Wildman–Crippen MR) is 152 cm³/mol. The smallest absolute Gasteiger partial charge is 0.273 e. The van der Waals surface area contributed by atoms with Crippen molar-refractivity contribution in [3.63, 3.8) is 0 Å². The van der Waals surface area contributed by atoms with E-state index < -0.39 is 15.9 Å². The zero-order valence-corrected chi connectivity index (χ0v) is 22.5. The van der Waals surface area contributed by atoms with E-state index in [1.807, 2.05) is 30.3 Å². The molecule has 5 rings (SSSR count). The Morgan fingerprint density at radius 3 is 2.42 bits per heavy atom. The van der Waals surface area contributed by atoms with Gasteiger partial charge < -0.3 is 14.2 Å². The number of fused-ring (bicyclic) bond motifs is 1. The Morgan fingerprint density at radius 2 is 1.65 bits per heavy atom. The summed E-state index contributed by atoms with van der Waals surface area (Å²) in [6.07, 6.45) is 1.46. The first-order valence-electron chi connectivity index (χ1n) is 12.5. The van der Waals surface area contributed by atoms with Crippen LogP contribution in [0.15, 0.2) is 107 Å². The summed E-state index contributed by atoms with van der Waals surface area (Å²) in [6, 6.07) is 27.2. The third-order valence-corrected chi connectivity index (χ3v) is 7.97. The molecular formula is C30H27N3O6S. The minimum absolute atomic E-state index is 0.0102. The molecule has 1 aliphatic heterocycles. The van der Waals surface area contributed by atoms with Crippen LogP contribution in [0.25, 0.3) is 0 Å². The van der Waals surface area contributed by atoms with Crippen molar-refractivity contribution in [2.24, 2.45) is 5.10 Å². The summed E-state index contributed by atoms with van der Waals surface area (Å²) < 4.78 is 45.6. The molecule has 1 heterocycles. The summed E-state index contributed by atoms with van der Waals surface area (Å²) in [5, 5.41) is 4.11. The van der Waals surface area contributed by atoms with Gasteiger partial charge in [0.15, 0.2) is 11.5 Å². The number of hydrogen-bond acceptors (Lipinski definition) is 7. The van der Waals surface area contributed by atoms with Crippen LogP contribution < -0.4 is 23.9 Å². The van der Waals surface area contributed by atoms with Crippen molar-refractivity contribution in [3.05, 3.63) is 114 Å². The van der Waals surface area contributed by atoms with Gasteiger partial charge in [0.1, 0.15) is 19.0 Å². The van der Waals surface area contributed by atoms with Crippen molar-refractivity contribution < 1.29 is 27.4 Å². The van der Waals surface area contributed by atoms with Gasteiger partial charge in [-0.3, -0.25) is 9.10 Å². The van der Waals surface area contributed by atoms with E-state index in [0.29, 0.717) is 36.0 Å². The molecule has 204 valence electrons. The molecule has 0 aromatic heterocycles. The van der Waals surface area contributed by atoms with Crippen LogP contribution in [0.2, 0.25) is 0 Å². The number of hydrogen-bond donors (Lipinski definition) is 1. The van der Waals surface area contributed by atoms with Crippen LogP contribution in [0.1, 0.15) is 21.5 Å². The second-order valence-electron chi connectivity index (χ2n) is 8.76. The van der Waals surface area contributed by atoms with Crippen molar-refractivity contribution in [2.75, 3.05) is 24.6 Å². The van der Waals surface area contributed by atoms with Crippen molar-refractivity contribution in [2.45, 2.75) is 11.4 Å². The van der Waals surface area contributed by atoms with Crippen LogP contribution in [-0.2, 0) is 16.6 Å². The van der Waals surface area contributed by atoms with Gasteiger partial charge in [-0.25, -0.2) is 13.8 Å². The molecule has 4 aromatic rings. The highest BCUT2D eigenvalue weighted by molar-refractivity contribution is 7.92. The third-order valence-electron chi connectivity index (χ3n) is 6.20. The number of hydrazone groups is 1. The lowest BCUT2D eigenvalue weighted by molar-refractivity contribution is 0.0955. The fourth-order valence-electron chi connectivity index (χ4n) is 4.23. The van der Waals surface area contributed by atoms with Gasteiger partial charge in [-0.1, -0.05) is 48.5 Å². The van der Waals surface area contributed by atoms with Gasteiger partial charge in [0, 0.05) is 5.56 Å². The molecule has 0 unspecified atom stereocenters. The zero-order valence-electron chi connectivity index (χ0n) is 21.7. The Labute approximate surface area is 232 Å². The zero-order chi connectivity index (χ0) is 28.0. The molecule has 0 fully saturated rings. The summed E-state index contributed by atoms with van der Waals surface area (Å²) in [5.74, 6) is 1.11. The Hall–Kier alpha value is -4.83. The largest absolute Gasteiger partial charge is 0.497 e. The standard InChI is InChI=1S/C30H27N3O6S/c1-37-24-14-16-25(17-15-24)40(35,36)33(21-22-8-3-2-4-9-22)27-12-6-5-11-26(27)30(34)32-31-20-23-10-7-13-28-29(23)39-19-18-38-28/h2-17,20H,18-19,21H2,1H3,(H,32,34)/b31-20-. The molecule has 4 aromatic carbocycles. The third kappa shape index (κ3) is 5.76. The van der Waals surface area contributed by atoms with E-state index in [4.69, 9.17) is 14.2 Å². The van der Waals surface area contributed by atoms with Gasteiger partial charge in [-0.05, 0) is 54.1 Å². The minimum Gasteiger partial charge on any atom is -0.497 e. The van der Waals surface area contributed by atoms with E-state index in [2.05, 4.69) is 10.5 Å². The molecule has 1 amide bonds. The second kappa shape index (κ2) is 11.9. The van der Waals surface area contributed by atoms with E-state index in [0.717, 1.165) is 5.56 Å². The van der Waals surface area contributed by atoms with Crippen molar-refractivity contribution in [1.82, 2.24) is 5.43 Å². The minimum atomic E-state index is -4.08. The summed E-state index contributed by atoms with van der Waals surface area (Å²) >= 11 is 0. The van der Waals surface area contributed by atoms with Crippen LogP contribution >= 0.6 is 0 Å². The van der Waals surface area contributed by atoms with Gasteiger partial charge in [0.2, 0.25) is 0 Å². The number of ether oxygens (including phenoxy) is 3. The molecule has 0 bridgehead atoms. The maximum atomic E-state index is 13.9. The quantitative estimate of drug-likeness (QED) is 0.238. The van der Waals surface area contributed by atoms with Crippen molar-refractivity contribution in [1.29, 1.82) is 0 Å². The monoisotopic (exact) mass is 557 g/mol. The number of methoxy groups -OCH3 is 1. The lowest BCUT2D eigenvalue weighted by Gasteiger charge is -2.26. The first-order chi connectivity index (χ1) is 19.5. The van der Waals surface area contributed by atoms with Gasteiger partial charge in [0.05, 0.1) is 36.0 Å². The molecule has 40 heavy (non-hydrogen) atoms. The lowest BCUT2D eigenvalue weighted by atomic mass is 10.1. The Bertz CT molecular complexity index is 1620. The van der Waals surface area contributed by atoms with E-state index in [1.54, 1.807) is 54.6 Å². The van der Waals surface area contributed by atoms with Gasteiger partial charge in [-0.2, -0.15) is 5.10 Å². The number of carbonyl (C=O) groups excluding carboxylic acids is 1. The fourth-order valence-corrected chi connectivity index (χ4v) is 5.70. The first kappa shape index (κ1) is 26.8. The van der Waals surface area contributed by atoms with Crippen LogP contribution in [-0.4, -0.2) is 40.9 Å². The van der Waals surface area contributed by atoms with Gasteiger partial charge >= 0.3 is 0 Å². The number of benzene rings is 4. The van der Waals surface area contributed by atoms with E-state index in [1.165, 1.54) is 29.8 Å². The highest BCUT2D eigenvalue weighted by Crippen LogP contribution is 2.33. The maximum Gasteiger partial charge on any atom is 0.273 e. The molecular weight excluding hydrogens is 530 g/mol. The van der Waals surface area contributed by atoms with Crippen molar-refractivity contribution >= 4 is 27.8 Å². The molecule has 9 nitrogen and oxygen atoms in total. The number of anilines is 1. The number of para-hydroxylation sites is 2.